The molecule has 0 unspecified atom stereocenters. The van der Waals surface area contributed by atoms with Gasteiger partial charge >= 0.3 is 59.1 Å². The number of hydrogen-bond donors (Lipinski definition) is 0. The molecule has 1 nitrogen and oxygen atoms in total. The van der Waals surface area contributed by atoms with E-state index in [2.05, 4.69) is 6.92 Å². The minimum Gasteiger partial charge on any atom is -1.00 e. The Bertz CT molecular complexity index is 139. The molecule has 0 aromatic carbocycles. The molecule has 0 saturated heterocycles. The van der Waals surface area contributed by atoms with Gasteiger partial charge in [0.1, 0.15) is 6.29 Å². The predicted octanol–water partition coefficient (Wildman–Crippen LogP) is -0.881. The van der Waals surface area contributed by atoms with Crippen molar-refractivity contribution in [2.75, 3.05) is 0 Å². The van der Waals surface area contributed by atoms with Crippen LogP contribution in [-0.4, -0.2) is 6.29 Å². The Labute approximate surface area is 155 Å². The summed E-state index contributed by atoms with van der Waals surface area (Å²) in [6.07, 6.45) is 16.7. The number of hydrogen-bond acceptors (Lipinski definition) is 1. The molecule has 0 amide bonds. The second-order valence-corrected chi connectivity index (χ2v) is 4.49. The van der Waals surface area contributed by atoms with Crippen LogP contribution in [0.4, 0.5) is 0 Å². The zero-order valence-electron chi connectivity index (χ0n) is 14.5. The summed E-state index contributed by atoms with van der Waals surface area (Å²) in [6.45, 7) is 2.26. The largest absolute Gasteiger partial charge is 1.00 e. The van der Waals surface area contributed by atoms with Gasteiger partial charge < -0.3 is 7.65 Å². The first kappa shape index (κ1) is 23.7. The minimum atomic E-state index is 0. The van der Waals surface area contributed by atoms with Crippen LogP contribution in [0.2, 0.25) is 0 Å². The van der Waals surface area contributed by atoms with E-state index in [-0.39, 0.29) is 62.0 Å². The van der Waals surface area contributed by atoms with Crippen molar-refractivity contribution in [2.24, 2.45) is 0 Å². The fourth-order valence-corrected chi connectivity index (χ4v) is 1.89. The molecular weight excluding hydrogens is 230 g/mol. The zero-order valence-corrected chi connectivity index (χ0v) is 16.5. The first-order chi connectivity index (χ1) is 7.41. The van der Waals surface area contributed by atoms with E-state index in [0.717, 1.165) is 19.1 Å². The summed E-state index contributed by atoms with van der Waals surface area (Å²) >= 11 is 0. The van der Waals surface area contributed by atoms with Gasteiger partial charge in [0.15, 0.2) is 0 Å². The average Bonchev–Trinajstić information content (AvgIpc) is 2.26. The Morgan fingerprint density at radius 2 is 1.06 bits per heavy atom. The maximum absolute atomic E-state index is 10.1. The van der Waals surface area contributed by atoms with Crippen molar-refractivity contribution >= 4 is 6.29 Å². The Balaban J connectivity index is -0.000000163. The third-order valence-electron chi connectivity index (χ3n) is 2.93. The summed E-state index contributed by atoms with van der Waals surface area (Å²) in [7, 11) is 0. The van der Waals surface area contributed by atoms with E-state index in [9.17, 15) is 4.79 Å². The number of carbonyl (C=O) groups excluding carboxylic acids is 1. The molecule has 0 radical (unpaired) electrons. The minimum absolute atomic E-state index is 0. The van der Waals surface area contributed by atoms with E-state index in [1.54, 1.807) is 0 Å². The Morgan fingerprint density at radius 1 is 0.706 bits per heavy atom. The molecule has 0 aromatic heterocycles. The first-order valence-corrected chi connectivity index (χ1v) is 6.85. The second-order valence-electron chi connectivity index (χ2n) is 4.49. The first-order valence-electron chi connectivity index (χ1n) is 6.85. The van der Waals surface area contributed by atoms with Crippen molar-refractivity contribution in [3.8, 4) is 0 Å². The Morgan fingerprint density at radius 3 is 1.41 bits per heavy atom. The number of aldehydes is 1. The summed E-state index contributed by atoms with van der Waals surface area (Å²) in [5.74, 6) is 0. The van der Waals surface area contributed by atoms with Crippen molar-refractivity contribution in [3.63, 3.8) is 0 Å². The molecule has 0 aliphatic carbocycles. The molecule has 3 heteroatoms. The summed E-state index contributed by atoms with van der Waals surface area (Å²) in [6, 6.07) is 0. The van der Waals surface area contributed by atoms with Gasteiger partial charge in [-0.25, -0.2) is 0 Å². The molecule has 0 aromatic rings. The fourth-order valence-electron chi connectivity index (χ4n) is 1.89. The number of carbonyl (C=O) groups is 1. The van der Waals surface area contributed by atoms with E-state index in [4.69, 9.17) is 0 Å². The van der Waals surface area contributed by atoms with E-state index in [0.29, 0.717) is 0 Å². The molecule has 0 bridgehead atoms. The van der Waals surface area contributed by atoms with Crippen LogP contribution in [0.3, 0.4) is 0 Å². The molecular formula is C14H30Na2O. The maximum atomic E-state index is 10.1. The predicted molar refractivity (Wildman–Crippen MR) is 69.4 cm³/mol. The van der Waals surface area contributed by atoms with Crippen molar-refractivity contribution in [1.29, 1.82) is 0 Å². The van der Waals surface area contributed by atoms with E-state index in [1.807, 2.05) is 0 Å². The normalized spacial score (nSPS) is 9.24. The van der Waals surface area contributed by atoms with Gasteiger partial charge in [-0.3, -0.25) is 0 Å². The smallest absolute Gasteiger partial charge is 1.00 e. The van der Waals surface area contributed by atoms with Gasteiger partial charge in [0.25, 0.3) is 0 Å². The molecule has 0 aliphatic heterocycles. The number of rotatable bonds is 12. The Kier molecular flexibility index (Phi) is 31.9. The fraction of sp³-hybridized carbons (Fsp3) is 0.929. The molecule has 0 fully saturated rings. The Hall–Kier alpha value is 1.67. The average molecular weight is 260 g/mol. The molecule has 0 aliphatic rings. The maximum Gasteiger partial charge on any atom is 1.00 e. The molecule has 94 valence electrons. The van der Waals surface area contributed by atoms with Gasteiger partial charge in [-0.2, -0.15) is 0 Å². The van der Waals surface area contributed by atoms with Crippen LogP contribution < -0.4 is 59.1 Å². The monoisotopic (exact) mass is 260 g/mol. The third kappa shape index (κ3) is 23.2. The van der Waals surface area contributed by atoms with Crippen LogP contribution in [-0.2, 0) is 4.79 Å². The molecule has 0 heterocycles. The third-order valence-corrected chi connectivity index (χ3v) is 2.93. The van der Waals surface area contributed by atoms with E-state index >= 15 is 0 Å². The second kappa shape index (κ2) is 22.8. The van der Waals surface area contributed by atoms with Crippen molar-refractivity contribution in [2.45, 2.75) is 84.0 Å². The zero-order chi connectivity index (χ0) is 11.2. The summed E-state index contributed by atoms with van der Waals surface area (Å²) in [5, 5.41) is 0. The van der Waals surface area contributed by atoms with E-state index in [1.165, 1.54) is 64.2 Å². The van der Waals surface area contributed by atoms with Crippen LogP contribution in [0.25, 0.3) is 0 Å². The van der Waals surface area contributed by atoms with Crippen LogP contribution >= 0.6 is 0 Å². The van der Waals surface area contributed by atoms with Gasteiger partial charge in [0.05, 0.1) is 0 Å². The van der Waals surface area contributed by atoms with Crippen LogP contribution in [0.5, 0.6) is 0 Å². The molecule has 0 saturated carbocycles. The number of unbranched alkanes of at least 4 members (excludes halogenated alkanes) is 11. The van der Waals surface area contributed by atoms with Gasteiger partial charge in [-0.05, 0) is 6.42 Å². The van der Waals surface area contributed by atoms with Crippen LogP contribution in [0, 0.1) is 0 Å². The topological polar surface area (TPSA) is 17.1 Å². The van der Waals surface area contributed by atoms with Crippen LogP contribution in [0.15, 0.2) is 0 Å². The molecule has 17 heavy (non-hydrogen) atoms. The molecule has 0 spiro atoms. The van der Waals surface area contributed by atoms with Gasteiger partial charge in [-0.1, -0.05) is 71.1 Å². The quantitative estimate of drug-likeness (QED) is 0.253. The SMILES string of the molecule is CCCCCCCCCCCCCC=O.[H-].[H-].[Na+].[Na+]. The van der Waals surface area contributed by atoms with Crippen molar-refractivity contribution in [3.05, 3.63) is 0 Å². The van der Waals surface area contributed by atoms with Crippen molar-refractivity contribution < 1.29 is 66.8 Å². The summed E-state index contributed by atoms with van der Waals surface area (Å²) in [4.78, 5) is 10.1. The van der Waals surface area contributed by atoms with Crippen molar-refractivity contribution in [1.82, 2.24) is 0 Å². The van der Waals surface area contributed by atoms with Gasteiger partial charge in [-0.15, -0.1) is 0 Å². The van der Waals surface area contributed by atoms with Gasteiger partial charge in [0.2, 0.25) is 0 Å². The molecule has 0 atom stereocenters. The molecule has 0 N–H and O–H groups in total. The summed E-state index contributed by atoms with van der Waals surface area (Å²) < 4.78 is 0. The standard InChI is InChI=1S/C14H28O.2Na.2H/c1-2-3-4-5-6-7-8-9-10-11-12-13-14-15;;;;/h14H,2-13H2,1H3;;;;/q;2*+1;2*-1. The molecule has 0 rings (SSSR count). The summed E-state index contributed by atoms with van der Waals surface area (Å²) in [5.41, 5.74) is 0. The van der Waals surface area contributed by atoms with Gasteiger partial charge in [0, 0.05) is 6.42 Å². The van der Waals surface area contributed by atoms with Crippen LogP contribution in [0.1, 0.15) is 86.8 Å². The van der Waals surface area contributed by atoms with E-state index < -0.39 is 0 Å².